The van der Waals surface area contributed by atoms with Crippen molar-refractivity contribution in [3.05, 3.63) is 82.9 Å². The second-order valence-electron chi connectivity index (χ2n) is 6.43. The monoisotopic (exact) mass is 366 g/mol. The molecule has 0 saturated carbocycles. The molecule has 4 heteroatoms. The van der Waals surface area contributed by atoms with E-state index in [1.165, 1.54) is 0 Å². The smallest absolute Gasteiger partial charge is 0.190 e. The molecular weight excluding hydrogens is 344 g/mol. The minimum atomic E-state index is -0.00955. The van der Waals surface area contributed by atoms with Crippen LogP contribution in [0.25, 0.3) is 11.6 Å². The zero-order valence-electron chi connectivity index (χ0n) is 14.7. The van der Waals surface area contributed by atoms with Crippen molar-refractivity contribution in [2.24, 2.45) is 0 Å². The molecule has 0 amide bonds. The SMILES string of the molecule is C=C(CN1CCNCC1)C(=O)/C(=C/c1ccc(Cl)cc1)c1ccccc1. The summed E-state index contributed by atoms with van der Waals surface area (Å²) in [7, 11) is 0. The van der Waals surface area contributed by atoms with Gasteiger partial charge in [-0.15, -0.1) is 0 Å². The molecule has 3 rings (SSSR count). The number of nitrogens with one attached hydrogen (secondary N) is 1. The van der Waals surface area contributed by atoms with Crippen LogP contribution in [0, 0.1) is 0 Å². The van der Waals surface area contributed by atoms with Gasteiger partial charge in [-0.2, -0.15) is 0 Å². The highest BCUT2D eigenvalue weighted by molar-refractivity contribution is 6.32. The van der Waals surface area contributed by atoms with E-state index in [-0.39, 0.29) is 5.78 Å². The molecule has 0 unspecified atom stereocenters. The molecule has 1 N–H and O–H groups in total. The zero-order chi connectivity index (χ0) is 18.4. The van der Waals surface area contributed by atoms with Crippen molar-refractivity contribution in [1.82, 2.24) is 10.2 Å². The molecule has 1 aliphatic rings. The molecule has 134 valence electrons. The number of carbonyl (C=O) groups is 1. The van der Waals surface area contributed by atoms with Crippen molar-refractivity contribution in [2.75, 3.05) is 32.7 Å². The quantitative estimate of drug-likeness (QED) is 0.621. The fraction of sp³-hybridized carbons (Fsp3) is 0.227. The van der Waals surface area contributed by atoms with Crippen LogP contribution in [0.15, 0.2) is 66.7 Å². The van der Waals surface area contributed by atoms with E-state index in [0.29, 0.717) is 22.7 Å². The van der Waals surface area contributed by atoms with Crippen LogP contribution in [0.4, 0.5) is 0 Å². The second-order valence-corrected chi connectivity index (χ2v) is 6.87. The number of hydrogen-bond donors (Lipinski definition) is 1. The highest BCUT2D eigenvalue weighted by Crippen LogP contribution is 2.23. The lowest BCUT2D eigenvalue weighted by atomic mass is 9.95. The van der Waals surface area contributed by atoms with Crippen LogP contribution >= 0.6 is 11.6 Å². The first-order valence-corrected chi connectivity index (χ1v) is 9.19. The minimum absolute atomic E-state index is 0.00955. The van der Waals surface area contributed by atoms with Crippen molar-refractivity contribution in [3.63, 3.8) is 0 Å². The number of carbonyl (C=O) groups excluding carboxylic acids is 1. The van der Waals surface area contributed by atoms with E-state index >= 15 is 0 Å². The fourth-order valence-electron chi connectivity index (χ4n) is 3.02. The van der Waals surface area contributed by atoms with Crippen LogP contribution < -0.4 is 5.32 Å². The number of ketones is 1. The largest absolute Gasteiger partial charge is 0.314 e. The summed E-state index contributed by atoms with van der Waals surface area (Å²) in [5.41, 5.74) is 3.12. The molecule has 0 aromatic heterocycles. The lowest BCUT2D eigenvalue weighted by Crippen LogP contribution is -2.44. The predicted octanol–water partition coefficient (Wildman–Crippen LogP) is 3.91. The molecule has 0 bridgehead atoms. The summed E-state index contributed by atoms with van der Waals surface area (Å²) >= 11 is 5.97. The predicted molar refractivity (Wildman–Crippen MR) is 109 cm³/mol. The number of nitrogens with zero attached hydrogens (tertiary/aromatic N) is 1. The summed E-state index contributed by atoms with van der Waals surface area (Å²) in [6.07, 6.45) is 1.91. The number of Topliss-reactive ketones (excluding diaryl/α,β-unsaturated/α-hetero) is 1. The summed E-state index contributed by atoms with van der Waals surface area (Å²) in [4.78, 5) is 15.4. The van der Waals surface area contributed by atoms with Crippen molar-refractivity contribution >= 4 is 29.0 Å². The Kier molecular flexibility index (Phi) is 6.40. The summed E-state index contributed by atoms with van der Waals surface area (Å²) < 4.78 is 0. The van der Waals surface area contributed by atoms with Gasteiger partial charge in [-0.05, 0) is 29.3 Å². The van der Waals surface area contributed by atoms with Gasteiger partial charge in [0.1, 0.15) is 0 Å². The van der Waals surface area contributed by atoms with Gasteiger partial charge >= 0.3 is 0 Å². The maximum atomic E-state index is 13.2. The Morgan fingerprint density at radius 3 is 2.38 bits per heavy atom. The van der Waals surface area contributed by atoms with E-state index in [1.54, 1.807) is 0 Å². The molecule has 26 heavy (non-hydrogen) atoms. The van der Waals surface area contributed by atoms with Crippen LogP contribution in [-0.4, -0.2) is 43.4 Å². The van der Waals surface area contributed by atoms with E-state index in [9.17, 15) is 4.79 Å². The lowest BCUT2D eigenvalue weighted by Gasteiger charge is -2.27. The van der Waals surface area contributed by atoms with E-state index in [4.69, 9.17) is 11.6 Å². The first-order valence-electron chi connectivity index (χ1n) is 8.82. The molecule has 0 atom stereocenters. The normalized spacial score (nSPS) is 15.7. The second kappa shape index (κ2) is 8.95. The molecular formula is C22H23ClN2O. The van der Waals surface area contributed by atoms with Crippen LogP contribution in [0.1, 0.15) is 11.1 Å². The van der Waals surface area contributed by atoms with Crippen molar-refractivity contribution in [2.45, 2.75) is 0 Å². The fourth-order valence-corrected chi connectivity index (χ4v) is 3.15. The van der Waals surface area contributed by atoms with Gasteiger partial charge in [0, 0.05) is 48.9 Å². The lowest BCUT2D eigenvalue weighted by molar-refractivity contribution is -0.110. The maximum absolute atomic E-state index is 13.2. The van der Waals surface area contributed by atoms with E-state index in [1.807, 2.05) is 60.7 Å². The van der Waals surface area contributed by atoms with Crippen LogP contribution in [0.5, 0.6) is 0 Å². The maximum Gasteiger partial charge on any atom is 0.190 e. The van der Waals surface area contributed by atoms with Gasteiger partial charge in [0.05, 0.1) is 0 Å². The number of allylic oxidation sites excluding steroid dienone is 1. The van der Waals surface area contributed by atoms with Crippen molar-refractivity contribution in [3.8, 4) is 0 Å². The van der Waals surface area contributed by atoms with Gasteiger partial charge in [0.2, 0.25) is 0 Å². The number of piperazine rings is 1. The average molecular weight is 367 g/mol. The third-order valence-corrected chi connectivity index (χ3v) is 4.71. The Morgan fingerprint density at radius 1 is 1.08 bits per heavy atom. The van der Waals surface area contributed by atoms with Crippen LogP contribution in [-0.2, 0) is 4.79 Å². The molecule has 3 nitrogen and oxygen atoms in total. The Bertz CT molecular complexity index is 791. The number of halogens is 1. The molecule has 1 saturated heterocycles. The zero-order valence-corrected chi connectivity index (χ0v) is 15.5. The van der Waals surface area contributed by atoms with E-state index in [2.05, 4.69) is 16.8 Å². The number of hydrogen-bond acceptors (Lipinski definition) is 3. The minimum Gasteiger partial charge on any atom is -0.314 e. The standard InChI is InChI=1S/C22H23ClN2O/c1-17(16-25-13-11-24-12-14-25)22(26)21(19-5-3-2-4-6-19)15-18-7-9-20(23)10-8-18/h2-10,15,24H,1,11-14,16H2/b21-15+. The van der Waals surface area contributed by atoms with Gasteiger partial charge < -0.3 is 5.32 Å². The van der Waals surface area contributed by atoms with Gasteiger partial charge in [-0.25, -0.2) is 0 Å². The highest BCUT2D eigenvalue weighted by Gasteiger charge is 2.19. The Morgan fingerprint density at radius 2 is 1.73 bits per heavy atom. The number of benzene rings is 2. The van der Waals surface area contributed by atoms with Gasteiger partial charge in [0.25, 0.3) is 0 Å². The molecule has 1 fully saturated rings. The Hall–Kier alpha value is -2.20. The summed E-state index contributed by atoms with van der Waals surface area (Å²) in [6, 6.07) is 17.2. The molecule has 2 aromatic carbocycles. The molecule has 0 aliphatic carbocycles. The third-order valence-electron chi connectivity index (χ3n) is 4.46. The molecule has 1 heterocycles. The summed E-state index contributed by atoms with van der Waals surface area (Å²) in [5.74, 6) is -0.00955. The van der Waals surface area contributed by atoms with Crippen molar-refractivity contribution < 1.29 is 4.79 Å². The van der Waals surface area contributed by atoms with E-state index < -0.39 is 0 Å². The van der Waals surface area contributed by atoms with Gasteiger partial charge in [-0.3, -0.25) is 9.69 Å². The van der Waals surface area contributed by atoms with Crippen molar-refractivity contribution in [1.29, 1.82) is 0 Å². The van der Waals surface area contributed by atoms with Gasteiger partial charge in [-0.1, -0.05) is 60.6 Å². The summed E-state index contributed by atoms with van der Waals surface area (Å²) in [6.45, 7) is 8.46. The van der Waals surface area contributed by atoms with Gasteiger partial charge in [0.15, 0.2) is 5.78 Å². The molecule has 0 radical (unpaired) electrons. The highest BCUT2D eigenvalue weighted by atomic mass is 35.5. The van der Waals surface area contributed by atoms with Crippen LogP contribution in [0.2, 0.25) is 5.02 Å². The number of rotatable bonds is 6. The van der Waals surface area contributed by atoms with Crippen LogP contribution in [0.3, 0.4) is 0 Å². The molecule has 1 aliphatic heterocycles. The Balaban J connectivity index is 1.86. The first kappa shape index (κ1) is 18.6. The Labute approximate surface area is 160 Å². The molecule has 0 spiro atoms. The first-order chi connectivity index (χ1) is 12.6. The molecule has 2 aromatic rings. The van der Waals surface area contributed by atoms with E-state index in [0.717, 1.165) is 37.3 Å². The topological polar surface area (TPSA) is 32.3 Å². The third kappa shape index (κ3) is 4.92. The average Bonchev–Trinajstić information content (AvgIpc) is 2.68. The summed E-state index contributed by atoms with van der Waals surface area (Å²) in [5, 5.41) is 4.00.